The number of amides is 2. The molecule has 5 nitrogen and oxygen atoms in total. The van der Waals surface area contributed by atoms with E-state index in [0.717, 1.165) is 26.1 Å². The van der Waals surface area contributed by atoms with E-state index in [1.165, 1.54) is 0 Å². The Bertz CT molecular complexity index is 575. The molecule has 132 valence electrons. The van der Waals surface area contributed by atoms with Crippen molar-refractivity contribution in [1.82, 2.24) is 15.5 Å². The van der Waals surface area contributed by atoms with Gasteiger partial charge in [-0.3, -0.25) is 9.59 Å². The summed E-state index contributed by atoms with van der Waals surface area (Å²) in [7, 11) is 1.94. The first-order valence-electron chi connectivity index (χ1n) is 8.62. The Hall–Kier alpha value is -1.88. The van der Waals surface area contributed by atoms with Gasteiger partial charge in [0.05, 0.1) is 0 Å². The fraction of sp³-hybridized carbons (Fsp3) is 0.579. The minimum absolute atomic E-state index is 0.0468. The molecule has 1 aliphatic rings. The van der Waals surface area contributed by atoms with E-state index < -0.39 is 0 Å². The summed E-state index contributed by atoms with van der Waals surface area (Å²) in [6.45, 7) is 9.39. The predicted molar refractivity (Wildman–Crippen MR) is 96.2 cm³/mol. The fourth-order valence-electron chi connectivity index (χ4n) is 2.87. The van der Waals surface area contributed by atoms with Crippen molar-refractivity contribution in [3.05, 3.63) is 35.4 Å². The van der Waals surface area contributed by atoms with Crippen LogP contribution in [-0.4, -0.2) is 49.9 Å². The summed E-state index contributed by atoms with van der Waals surface area (Å²) in [5.74, 6) is 0.482. The highest BCUT2D eigenvalue weighted by Gasteiger charge is 2.26. The summed E-state index contributed by atoms with van der Waals surface area (Å²) in [5.41, 5.74) is 1.28. The zero-order valence-corrected chi connectivity index (χ0v) is 15.2. The highest BCUT2D eigenvalue weighted by Crippen LogP contribution is 2.18. The van der Waals surface area contributed by atoms with Crippen molar-refractivity contribution in [1.29, 1.82) is 0 Å². The lowest BCUT2D eigenvalue weighted by Gasteiger charge is -2.19. The Balaban J connectivity index is 1.94. The quantitative estimate of drug-likeness (QED) is 0.869. The number of carbonyl (C=O) groups excluding carboxylic acids is 2. The Morgan fingerprint density at radius 3 is 2.38 bits per heavy atom. The summed E-state index contributed by atoms with van der Waals surface area (Å²) in [6, 6.07) is 6.96. The highest BCUT2D eigenvalue weighted by atomic mass is 16.2. The number of nitrogens with zero attached hydrogens (tertiary/aromatic N) is 1. The van der Waals surface area contributed by atoms with Crippen LogP contribution in [0.15, 0.2) is 24.3 Å². The van der Waals surface area contributed by atoms with Gasteiger partial charge < -0.3 is 15.5 Å². The summed E-state index contributed by atoms with van der Waals surface area (Å²) in [6.07, 6.45) is 1.04. The van der Waals surface area contributed by atoms with Gasteiger partial charge >= 0.3 is 0 Å². The SMILES string of the molecule is CNCC1CCN(C(=O)c2ccc(C(=O)NCC(C)(C)C)cc2)C1. The molecule has 24 heavy (non-hydrogen) atoms. The summed E-state index contributed by atoms with van der Waals surface area (Å²) < 4.78 is 0. The molecule has 5 heteroatoms. The first-order valence-corrected chi connectivity index (χ1v) is 8.62. The van der Waals surface area contributed by atoms with Crippen LogP contribution in [0.4, 0.5) is 0 Å². The molecule has 1 saturated heterocycles. The predicted octanol–water partition coefficient (Wildman–Crippen LogP) is 2.14. The second-order valence-electron chi connectivity index (χ2n) is 7.78. The lowest BCUT2D eigenvalue weighted by Crippen LogP contribution is -2.32. The van der Waals surface area contributed by atoms with Gasteiger partial charge in [-0.1, -0.05) is 20.8 Å². The van der Waals surface area contributed by atoms with Crippen LogP contribution >= 0.6 is 0 Å². The number of hydrogen-bond acceptors (Lipinski definition) is 3. The van der Waals surface area contributed by atoms with Crippen LogP contribution in [0, 0.1) is 11.3 Å². The molecule has 1 atom stereocenters. The van der Waals surface area contributed by atoms with E-state index in [1.54, 1.807) is 24.3 Å². The zero-order valence-electron chi connectivity index (χ0n) is 15.2. The minimum atomic E-state index is -0.0980. The van der Waals surface area contributed by atoms with E-state index in [-0.39, 0.29) is 17.2 Å². The van der Waals surface area contributed by atoms with Crippen LogP contribution in [-0.2, 0) is 0 Å². The molecular weight excluding hydrogens is 302 g/mol. The molecule has 1 heterocycles. The van der Waals surface area contributed by atoms with Crippen LogP contribution in [0.1, 0.15) is 47.9 Å². The van der Waals surface area contributed by atoms with E-state index in [0.29, 0.717) is 23.6 Å². The van der Waals surface area contributed by atoms with Gasteiger partial charge in [0.15, 0.2) is 0 Å². The maximum Gasteiger partial charge on any atom is 0.253 e. The molecule has 1 aromatic carbocycles. The van der Waals surface area contributed by atoms with Crippen molar-refractivity contribution in [2.24, 2.45) is 11.3 Å². The third-order valence-corrected chi connectivity index (χ3v) is 4.24. The van der Waals surface area contributed by atoms with Crippen molar-refractivity contribution in [3.8, 4) is 0 Å². The van der Waals surface area contributed by atoms with E-state index in [4.69, 9.17) is 0 Å². The molecule has 0 radical (unpaired) electrons. The molecular formula is C19H29N3O2. The minimum Gasteiger partial charge on any atom is -0.352 e. The van der Waals surface area contributed by atoms with Crippen molar-refractivity contribution >= 4 is 11.8 Å². The Labute approximate surface area is 144 Å². The number of benzene rings is 1. The monoisotopic (exact) mass is 331 g/mol. The number of hydrogen-bond donors (Lipinski definition) is 2. The molecule has 0 aromatic heterocycles. The van der Waals surface area contributed by atoms with Crippen LogP contribution in [0.5, 0.6) is 0 Å². The van der Waals surface area contributed by atoms with E-state index in [1.807, 2.05) is 11.9 Å². The van der Waals surface area contributed by atoms with Gasteiger partial charge in [0.2, 0.25) is 0 Å². The number of rotatable bonds is 5. The molecule has 1 fully saturated rings. The first-order chi connectivity index (χ1) is 11.3. The molecule has 2 rings (SSSR count). The van der Waals surface area contributed by atoms with E-state index in [2.05, 4.69) is 31.4 Å². The van der Waals surface area contributed by atoms with Crippen LogP contribution in [0.2, 0.25) is 0 Å². The Kier molecular flexibility index (Phi) is 5.99. The molecule has 0 aliphatic carbocycles. The second kappa shape index (κ2) is 7.79. The summed E-state index contributed by atoms with van der Waals surface area (Å²) in [5, 5.41) is 6.09. The van der Waals surface area contributed by atoms with Gasteiger partial charge in [-0.05, 0) is 55.6 Å². The maximum atomic E-state index is 12.5. The molecule has 1 aliphatic heterocycles. The Morgan fingerprint density at radius 1 is 1.17 bits per heavy atom. The molecule has 0 bridgehead atoms. The van der Waals surface area contributed by atoms with Crippen molar-refractivity contribution in [2.75, 3.05) is 33.2 Å². The van der Waals surface area contributed by atoms with Gasteiger partial charge in [-0.25, -0.2) is 0 Å². The van der Waals surface area contributed by atoms with E-state index >= 15 is 0 Å². The van der Waals surface area contributed by atoms with Crippen molar-refractivity contribution in [2.45, 2.75) is 27.2 Å². The molecule has 1 aromatic rings. The number of likely N-dealkylation sites (tertiary alicyclic amines) is 1. The van der Waals surface area contributed by atoms with Gasteiger partial charge in [0, 0.05) is 30.8 Å². The van der Waals surface area contributed by atoms with Gasteiger partial charge in [-0.15, -0.1) is 0 Å². The first kappa shape index (κ1) is 18.5. The molecule has 1 unspecified atom stereocenters. The van der Waals surface area contributed by atoms with Gasteiger partial charge in [-0.2, -0.15) is 0 Å². The molecule has 0 spiro atoms. The van der Waals surface area contributed by atoms with Crippen LogP contribution in [0.25, 0.3) is 0 Å². The average Bonchev–Trinajstić information content (AvgIpc) is 3.00. The number of nitrogens with one attached hydrogen (secondary N) is 2. The lowest BCUT2D eigenvalue weighted by molar-refractivity contribution is 0.0786. The lowest BCUT2D eigenvalue weighted by atomic mass is 9.97. The average molecular weight is 331 g/mol. The third-order valence-electron chi connectivity index (χ3n) is 4.24. The topological polar surface area (TPSA) is 61.4 Å². The fourth-order valence-corrected chi connectivity index (χ4v) is 2.87. The van der Waals surface area contributed by atoms with Crippen LogP contribution < -0.4 is 10.6 Å². The smallest absolute Gasteiger partial charge is 0.253 e. The largest absolute Gasteiger partial charge is 0.352 e. The Morgan fingerprint density at radius 2 is 1.79 bits per heavy atom. The van der Waals surface area contributed by atoms with Crippen molar-refractivity contribution in [3.63, 3.8) is 0 Å². The summed E-state index contributed by atoms with van der Waals surface area (Å²) >= 11 is 0. The second-order valence-corrected chi connectivity index (χ2v) is 7.78. The molecule has 2 N–H and O–H groups in total. The standard InChI is InChI=1S/C19H29N3O2/c1-19(2,3)13-21-17(23)15-5-7-16(8-6-15)18(24)22-10-9-14(12-22)11-20-4/h5-8,14,20H,9-13H2,1-4H3,(H,21,23). The normalized spacial score (nSPS) is 17.8. The third kappa shape index (κ3) is 5.06. The highest BCUT2D eigenvalue weighted by molar-refractivity contribution is 5.97. The summed E-state index contributed by atoms with van der Waals surface area (Å²) in [4.78, 5) is 26.6. The molecule has 0 saturated carbocycles. The van der Waals surface area contributed by atoms with Crippen LogP contribution in [0.3, 0.4) is 0 Å². The zero-order chi connectivity index (χ0) is 17.7. The van der Waals surface area contributed by atoms with Gasteiger partial charge in [0.25, 0.3) is 11.8 Å². The van der Waals surface area contributed by atoms with Gasteiger partial charge in [0.1, 0.15) is 0 Å². The number of carbonyl (C=O) groups is 2. The maximum absolute atomic E-state index is 12.5. The molecule has 2 amide bonds. The van der Waals surface area contributed by atoms with Crippen molar-refractivity contribution < 1.29 is 9.59 Å². The van der Waals surface area contributed by atoms with E-state index in [9.17, 15) is 9.59 Å².